The molecule has 0 saturated carbocycles. The maximum Gasteiger partial charge on any atom is 0.284 e. The van der Waals surface area contributed by atoms with Gasteiger partial charge in [0.2, 0.25) is 0 Å². The van der Waals surface area contributed by atoms with Crippen LogP contribution < -0.4 is 16.0 Å². The third-order valence-corrected chi connectivity index (χ3v) is 3.64. The van der Waals surface area contributed by atoms with E-state index >= 15 is 0 Å². The number of aromatic nitrogens is 2. The van der Waals surface area contributed by atoms with Crippen molar-refractivity contribution < 1.29 is 14.0 Å². The van der Waals surface area contributed by atoms with Crippen LogP contribution in [0.15, 0.2) is 28.7 Å². The van der Waals surface area contributed by atoms with Crippen LogP contribution in [0.25, 0.3) is 0 Å². The molecule has 0 aromatic carbocycles. The van der Waals surface area contributed by atoms with Crippen molar-refractivity contribution in [3.63, 3.8) is 0 Å². The summed E-state index contributed by atoms with van der Waals surface area (Å²) < 4.78 is 5.19. The zero-order chi connectivity index (χ0) is 16.2. The molecule has 2 amide bonds. The molecule has 0 atom stereocenters. The Kier molecular flexibility index (Phi) is 4.22. The third-order valence-electron chi connectivity index (χ3n) is 3.64. The Morgan fingerprint density at radius 1 is 1.17 bits per heavy atom. The summed E-state index contributed by atoms with van der Waals surface area (Å²) in [6.45, 7) is 2.09. The lowest BCUT2D eigenvalue weighted by atomic mass is 10.3. The van der Waals surface area contributed by atoms with Crippen molar-refractivity contribution in [2.24, 2.45) is 5.73 Å². The number of nitrogens with zero attached hydrogens (tertiary/aromatic N) is 3. The summed E-state index contributed by atoms with van der Waals surface area (Å²) in [6.07, 6.45) is 2.31. The molecule has 3 rings (SSSR count). The fraction of sp³-hybridized carbons (Fsp3) is 0.333. The van der Waals surface area contributed by atoms with Gasteiger partial charge in [0.15, 0.2) is 17.3 Å². The first-order valence-electron chi connectivity index (χ1n) is 7.39. The number of amides is 2. The Morgan fingerprint density at radius 2 is 1.96 bits per heavy atom. The molecule has 23 heavy (non-hydrogen) atoms. The summed E-state index contributed by atoms with van der Waals surface area (Å²) in [4.78, 5) is 25.1. The van der Waals surface area contributed by atoms with Gasteiger partial charge in [0, 0.05) is 13.1 Å². The Bertz CT molecular complexity index is 704. The van der Waals surface area contributed by atoms with Gasteiger partial charge in [-0.15, -0.1) is 10.2 Å². The van der Waals surface area contributed by atoms with E-state index in [0.717, 1.165) is 31.7 Å². The summed E-state index contributed by atoms with van der Waals surface area (Å²) in [7, 11) is 0. The van der Waals surface area contributed by atoms with Crippen LogP contribution in [-0.4, -0.2) is 35.1 Å². The minimum Gasteiger partial charge on any atom is -0.454 e. The second-order valence-corrected chi connectivity index (χ2v) is 5.28. The molecule has 2 aromatic rings. The van der Waals surface area contributed by atoms with Gasteiger partial charge in [-0.1, -0.05) is 0 Å². The van der Waals surface area contributed by atoms with Crippen molar-refractivity contribution in [1.82, 2.24) is 15.5 Å². The van der Waals surface area contributed by atoms with E-state index in [1.165, 1.54) is 6.07 Å². The second kappa shape index (κ2) is 6.47. The van der Waals surface area contributed by atoms with Crippen LogP contribution in [0.2, 0.25) is 0 Å². The van der Waals surface area contributed by atoms with E-state index in [9.17, 15) is 9.59 Å². The monoisotopic (exact) mass is 315 g/mol. The third kappa shape index (κ3) is 3.47. The summed E-state index contributed by atoms with van der Waals surface area (Å²) in [5.41, 5.74) is 5.33. The molecule has 1 aliphatic rings. The number of nitrogens with two attached hydrogens (primary N) is 1. The average molecular weight is 315 g/mol. The molecule has 8 nitrogen and oxygen atoms in total. The molecule has 2 aromatic heterocycles. The number of hydrogen-bond donors (Lipinski definition) is 2. The van der Waals surface area contributed by atoms with Gasteiger partial charge in [0.25, 0.3) is 11.8 Å². The molecule has 8 heteroatoms. The standard InChI is InChI=1S/C15H17N5O3/c16-14(21)12-5-3-10(23-12)9-17-15(22)11-4-6-13(19-18-11)20-7-1-2-8-20/h3-6H,1-2,7-9H2,(H2,16,21)(H,17,22). The first kappa shape index (κ1) is 15.0. The molecule has 1 aliphatic heterocycles. The largest absolute Gasteiger partial charge is 0.454 e. The lowest BCUT2D eigenvalue weighted by molar-refractivity contribution is 0.0942. The Hall–Kier alpha value is -2.90. The quantitative estimate of drug-likeness (QED) is 0.839. The van der Waals surface area contributed by atoms with Crippen LogP contribution in [0.4, 0.5) is 5.82 Å². The van der Waals surface area contributed by atoms with Crippen LogP contribution in [-0.2, 0) is 6.54 Å². The summed E-state index contributed by atoms with van der Waals surface area (Å²) in [5.74, 6) is 0.280. The number of carbonyl (C=O) groups is 2. The van der Waals surface area contributed by atoms with Gasteiger partial charge in [-0.25, -0.2) is 0 Å². The van der Waals surface area contributed by atoms with Gasteiger partial charge in [-0.2, -0.15) is 0 Å². The van der Waals surface area contributed by atoms with Crippen LogP contribution in [0.1, 0.15) is 39.6 Å². The maximum atomic E-state index is 12.0. The SMILES string of the molecule is NC(=O)c1ccc(CNC(=O)c2ccc(N3CCCC3)nn2)o1. The molecule has 0 unspecified atom stereocenters. The van der Waals surface area contributed by atoms with Crippen molar-refractivity contribution in [2.45, 2.75) is 19.4 Å². The fourth-order valence-corrected chi connectivity index (χ4v) is 2.42. The first-order valence-corrected chi connectivity index (χ1v) is 7.39. The molecular weight excluding hydrogens is 298 g/mol. The summed E-state index contributed by atoms with van der Waals surface area (Å²) in [5, 5.41) is 10.7. The molecule has 120 valence electrons. The van der Waals surface area contributed by atoms with Crippen molar-refractivity contribution in [1.29, 1.82) is 0 Å². The van der Waals surface area contributed by atoms with Crippen molar-refractivity contribution in [3.05, 3.63) is 41.5 Å². The highest BCUT2D eigenvalue weighted by Crippen LogP contribution is 2.16. The number of rotatable bonds is 5. The van der Waals surface area contributed by atoms with Crippen LogP contribution in [0, 0.1) is 0 Å². The molecule has 1 saturated heterocycles. The van der Waals surface area contributed by atoms with Gasteiger partial charge in [-0.05, 0) is 37.1 Å². The van der Waals surface area contributed by atoms with Crippen LogP contribution >= 0.6 is 0 Å². The highest BCUT2D eigenvalue weighted by atomic mass is 16.4. The van der Waals surface area contributed by atoms with E-state index in [2.05, 4.69) is 20.4 Å². The van der Waals surface area contributed by atoms with Gasteiger partial charge in [0.05, 0.1) is 6.54 Å². The lowest BCUT2D eigenvalue weighted by Crippen LogP contribution is -2.25. The molecular formula is C15H17N5O3. The highest BCUT2D eigenvalue weighted by Gasteiger charge is 2.15. The summed E-state index contributed by atoms with van der Waals surface area (Å²) >= 11 is 0. The molecule has 3 heterocycles. The number of anilines is 1. The number of furan rings is 1. The van der Waals surface area contributed by atoms with E-state index in [1.54, 1.807) is 18.2 Å². The minimum absolute atomic E-state index is 0.0593. The van der Waals surface area contributed by atoms with Crippen molar-refractivity contribution in [2.75, 3.05) is 18.0 Å². The van der Waals surface area contributed by atoms with Crippen LogP contribution in [0.5, 0.6) is 0 Å². The van der Waals surface area contributed by atoms with E-state index in [0.29, 0.717) is 5.76 Å². The average Bonchev–Trinajstić information content (AvgIpc) is 3.24. The number of primary amides is 1. The predicted molar refractivity (Wildman–Crippen MR) is 81.9 cm³/mol. The smallest absolute Gasteiger partial charge is 0.284 e. The number of carbonyl (C=O) groups excluding carboxylic acids is 2. The minimum atomic E-state index is -0.647. The van der Waals surface area contributed by atoms with Crippen molar-refractivity contribution >= 4 is 17.6 Å². The maximum absolute atomic E-state index is 12.0. The summed E-state index contributed by atoms with van der Waals surface area (Å²) in [6, 6.07) is 6.50. The Labute approximate surface area is 132 Å². The zero-order valence-corrected chi connectivity index (χ0v) is 12.5. The Morgan fingerprint density at radius 3 is 2.57 bits per heavy atom. The normalized spacial score (nSPS) is 14.0. The van der Waals surface area contributed by atoms with E-state index in [1.807, 2.05) is 0 Å². The van der Waals surface area contributed by atoms with Crippen molar-refractivity contribution in [3.8, 4) is 0 Å². The molecule has 1 fully saturated rings. The van der Waals surface area contributed by atoms with Gasteiger partial charge in [0.1, 0.15) is 5.76 Å². The van der Waals surface area contributed by atoms with Gasteiger partial charge in [-0.3, -0.25) is 9.59 Å². The highest BCUT2D eigenvalue weighted by molar-refractivity contribution is 5.92. The zero-order valence-electron chi connectivity index (χ0n) is 12.5. The van der Waals surface area contributed by atoms with Gasteiger partial charge >= 0.3 is 0 Å². The molecule has 0 bridgehead atoms. The number of nitrogens with one attached hydrogen (secondary N) is 1. The topological polar surface area (TPSA) is 114 Å². The lowest BCUT2D eigenvalue weighted by Gasteiger charge is -2.15. The van der Waals surface area contributed by atoms with E-state index < -0.39 is 5.91 Å². The fourth-order valence-electron chi connectivity index (χ4n) is 2.42. The Balaban J connectivity index is 1.58. The number of hydrogen-bond acceptors (Lipinski definition) is 6. The predicted octanol–water partition coefficient (Wildman–Crippen LogP) is 0.699. The first-order chi connectivity index (χ1) is 11.1. The molecule has 0 spiro atoms. The van der Waals surface area contributed by atoms with E-state index in [-0.39, 0.29) is 23.9 Å². The van der Waals surface area contributed by atoms with Crippen LogP contribution in [0.3, 0.4) is 0 Å². The second-order valence-electron chi connectivity index (χ2n) is 5.28. The van der Waals surface area contributed by atoms with E-state index in [4.69, 9.17) is 10.2 Å². The van der Waals surface area contributed by atoms with Gasteiger partial charge < -0.3 is 20.4 Å². The molecule has 0 aliphatic carbocycles. The molecule has 3 N–H and O–H groups in total. The molecule has 0 radical (unpaired) electrons.